The first-order chi connectivity index (χ1) is 13.5. The van der Waals surface area contributed by atoms with E-state index in [4.69, 9.17) is 5.73 Å². The molecule has 7 heteroatoms. The Hall–Kier alpha value is -1.56. The van der Waals surface area contributed by atoms with Crippen LogP contribution in [-0.2, 0) is 27.3 Å². The number of rotatable bonds is 6. The van der Waals surface area contributed by atoms with E-state index in [2.05, 4.69) is 14.4 Å². The molecule has 0 bridgehead atoms. The zero-order valence-electron chi connectivity index (χ0n) is 16.2. The fourth-order valence-corrected chi connectivity index (χ4v) is 3.92. The molecule has 0 saturated carbocycles. The van der Waals surface area contributed by atoms with Crippen molar-refractivity contribution in [3.63, 3.8) is 0 Å². The van der Waals surface area contributed by atoms with Gasteiger partial charge in [-0.25, -0.2) is 8.42 Å². The van der Waals surface area contributed by atoms with E-state index >= 15 is 0 Å². The van der Waals surface area contributed by atoms with Crippen LogP contribution in [-0.4, -0.2) is 8.42 Å². The van der Waals surface area contributed by atoms with E-state index in [-0.39, 0.29) is 12.3 Å². The SMILES string of the molecule is Cc1ccc(S(=O)(=O)[N-][C@H](c2ccccc2)[C@H](N)c2ccccc2)cc1.[CH3-].[Cl][Ru+3]. The molecule has 0 radical (unpaired) electrons. The van der Waals surface area contributed by atoms with Crippen molar-refractivity contribution in [2.24, 2.45) is 5.73 Å². The molecule has 0 amide bonds. The number of hydrogen-bond acceptors (Lipinski definition) is 3. The van der Waals surface area contributed by atoms with Gasteiger partial charge in [0.15, 0.2) is 0 Å². The average molecular weight is 517 g/mol. The third-order valence-corrected chi connectivity index (χ3v) is 5.61. The summed E-state index contributed by atoms with van der Waals surface area (Å²) < 4.78 is 29.9. The van der Waals surface area contributed by atoms with Crippen LogP contribution in [0.3, 0.4) is 0 Å². The van der Waals surface area contributed by atoms with Crippen molar-refractivity contribution in [2.45, 2.75) is 23.9 Å². The van der Waals surface area contributed by atoms with Crippen LogP contribution in [0.5, 0.6) is 0 Å². The van der Waals surface area contributed by atoms with Crippen molar-refractivity contribution < 1.29 is 25.7 Å². The van der Waals surface area contributed by atoms with Crippen LogP contribution in [0.4, 0.5) is 0 Å². The topological polar surface area (TPSA) is 74.3 Å². The van der Waals surface area contributed by atoms with Crippen LogP contribution < -0.4 is 5.73 Å². The van der Waals surface area contributed by atoms with Gasteiger partial charge < -0.3 is 17.9 Å². The Balaban J connectivity index is 0.00000136. The van der Waals surface area contributed by atoms with Crippen LogP contribution in [0, 0.1) is 14.4 Å². The van der Waals surface area contributed by atoms with E-state index in [1.807, 2.05) is 84.9 Å². The molecule has 0 aromatic heterocycles. The molecule has 2 N–H and O–H groups in total. The van der Waals surface area contributed by atoms with E-state index in [9.17, 15) is 8.42 Å². The molecule has 2 atom stereocenters. The summed E-state index contributed by atoms with van der Waals surface area (Å²) in [7, 11) is 0.736. The van der Waals surface area contributed by atoms with Crippen LogP contribution in [0.2, 0.25) is 0 Å². The standard InChI is InChI=1S/C21H21N2O2S.CH3.ClH.Ru/c1-16-12-14-19(15-13-16)26(24,25)23-21(18-10-6-3-7-11-18)20(22)17-8-4-2-5-9-17;;;/h2-15,20-21H,22H2,1H3;1H3;1H;/q2*-1;;+4/p-1/t20-,21-;;;/m1.../s1. The van der Waals surface area contributed by atoms with Crippen molar-refractivity contribution in [2.75, 3.05) is 0 Å². The Morgan fingerprint density at radius 1 is 0.828 bits per heavy atom. The molecule has 0 spiro atoms. The molecule has 0 aliphatic heterocycles. The third kappa shape index (κ3) is 7.02. The Labute approximate surface area is 188 Å². The maximum absolute atomic E-state index is 12.8. The molecular formula is C22H24ClN2O2RuS+. The summed E-state index contributed by atoms with van der Waals surface area (Å²) in [6, 6.07) is 24.1. The van der Waals surface area contributed by atoms with Crippen molar-refractivity contribution in [1.29, 1.82) is 0 Å². The number of sulfonamides is 1. The van der Waals surface area contributed by atoms with Gasteiger partial charge >= 0.3 is 27.0 Å². The summed E-state index contributed by atoms with van der Waals surface area (Å²) in [4.78, 5) is 0.171. The fourth-order valence-electron chi connectivity index (χ4n) is 2.76. The van der Waals surface area contributed by atoms with E-state index < -0.39 is 22.1 Å². The Morgan fingerprint density at radius 3 is 1.76 bits per heavy atom. The van der Waals surface area contributed by atoms with Crippen LogP contribution in [0.25, 0.3) is 4.72 Å². The van der Waals surface area contributed by atoms with E-state index in [0.29, 0.717) is 0 Å². The van der Waals surface area contributed by atoms with E-state index in [1.54, 1.807) is 24.3 Å². The average Bonchev–Trinajstić information content (AvgIpc) is 2.74. The second-order valence-corrected chi connectivity index (χ2v) is 7.82. The first-order valence-electron chi connectivity index (χ1n) is 8.50. The van der Waals surface area contributed by atoms with Crippen molar-refractivity contribution >= 4 is 19.7 Å². The zero-order chi connectivity index (χ0) is 20.6. The van der Waals surface area contributed by atoms with Gasteiger partial charge in [0.25, 0.3) is 0 Å². The van der Waals surface area contributed by atoms with Gasteiger partial charge in [-0.05, 0) is 24.6 Å². The molecular weight excluding hydrogens is 493 g/mol. The summed E-state index contributed by atoms with van der Waals surface area (Å²) in [5.41, 5.74) is 9.01. The Bertz CT molecular complexity index is 953. The van der Waals surface area contributed by atoms with Crippen LogP contribution >= 0.6 is 9.69 Å². The summed E-state index contributed by atoms with van der Waals surface area (Å²) in [5.74, 6) is 0. The predicted octanol–water partition coefficient (Wildman–Crippen LogP) is 5.64. The molecule has 4 nitrogen and oxygen atoms in total. The molecule has 0 heterocycles. The minimum absolute atomic E-state index is 0. The second-order valence-electron chi connectivity index (χ2n) is 6.19. The molecule has 154 valence electrons. The molecule has 0 aliphatic carbocycles. The maximum atomic E-state index is 12.8. The van der Waals surface area contributed by atoms with Crippen LogP contribution in [0.15, 0.2) is 89.8 Å². The minimum atomic E-state index is -3.83. The molecule has 3 aromatic carbocycles. The Kier molecular flexibility index (Phi) is 10.7. The molecule has 0 aliphatic rings. The zero-order valence-corrected chi connectivity index (χ0v) is 19.5. The van der Waals surface area contributed by atoms with Gasteiger partial charge in [0, 0.05) is 10.9 Å². The fraction of sp³-hybridized carbons (Fsp3) is 0.136. The van der Waals surface area contributed by atoms with Gasteiger partial charge in [-0.1, -0.05) is 90.0 Å². The van der Waals surface area contributed by atoms with Crippen molar-refractivity contribution in [3.8, 4) is 0 Å². The predicted molar refractivity (Wildman–Crippen MR) is 117 cm³/mol. The van der Waals surface area contributed by atoms with Gasteiger partial charge in [-0.15, -0.1) is 0 Å². The number of hydrogen-bond donors (Lipinski definition) is 1. The normalized spacial score (nSPS) is 12.7. The van der Waals surface area contributed by atoms with Gasteiger partial charge in [-0.2, -0.15) is 0 Å². The van der Waals surface area contributed by atoms with Gasteiger partial charge in [0.05, 0.1) is 0 Å². The monoisotopic (exact) mass is 517 g/mol. The van der Waals surface area contributed by atoms with Crippen molar-refractivity contribution in [1.82, 2.24) is 0 Å². The number of halogens is 1. The van der Waals surface area contributed by atoms with E-state index in [1.165, 1.54) is 0 Å². The van der Waals surface area contributed by atoms with Crippen molar-refractivity contribution in [3.05, 3.63) is 114 Å². The number of nitrogens with two attached hydrogens (primary N) is 1. The summed E-state index contributed by atoms with van der Waals surface area (Å²) in [6.45, 7) is 1.91. The summed E-state index contributed by atoms with van der Waals surface area (Å²) in [5, 5.41) is 0. The first kappa shape index (κ1) is 25.5. The quantitative estimate of drug-likeness (QED) is 0.340. The second kappa shape index (κ2) is 12.2. The molecule has 0 unspecified atom stereocenters. The first-order valence-corrected chi connectivity index (χ1v) is 12.2. The molecule has 3 rings (SSSR count). The van der Waals surface area contributed by atoms with Gasteiger partial charge in [-0.3, -0.25) is 0 Å². The number of aryl methyl sites for hydroxylation is 1. The van der Waals surface area contributed by atoms with Crippen LogP contribution in [0.1, 0.15) is 28.8 Å². The summed E-state index contributed by atoms with van der Waals surface area (Å²) >= 11 is 1.82. The summed E-state index contributed by atoms with van der Waals surface area (Å²) in [6.07, 6.45) is 0. The molecule has 0 saturated heterocycles. The molecule has 0 fully saturated rings. The number of nitrogens with zero attached hydrogens (tertiary/aromatic N) is 1. The van der Waals surface area contributed by atoms with Gasteiger partial charge in [0.1, 0.15) is 10.0 Å². The van der Waals surface area contributed by atoms with E-state index in [0.717, 1.165) is 16.7 Å². The third-order valence-electron chi connectivity index (χ3n) is 4.24. The molecule has 29 heavy (non-hydrogen) atoms. The molecule has 3 aromatic rings. The number of benzene rings is 3. The Morgan fingerprint density at radius 2 is 1.28 bits per heavy atom. The van der Waals surface area contributed by atoms with Gasteiger partial charge in [0.2, 0.25) is 0 Å².